The zero-order chi connectivity index (χ0) is 9.46. The van der Waals surface area contributed by atoms with Crippen LogP contribution in [-0.4, -0.2) is 24.2 Å². The fourth-order valence-electron chi connectivity index (χ4n) is 1.58. The van der Waals surface area contributed by atoms with E-state index < -0.39 is 0 Å². The largest absolute Gasteiger partial charge is 0.325 e. The second kappa shape index (κ2) is 3.14. The Morgan fingerprint density at radius 2 is 1.00 bits per heavy atom. The van der Waals surface area contributed by atoms with Gasteiger partial charge in [0.1, 0.15) is 0 Å². The average molecular weight is 170 g/mol. The van der Waals surface area contributed by atoms with Gasteiger partial charge < -0.3 is 22.9 Å². The van der Waals surface area contributed by atoms with Crippen molar-refractivity contribution in [1.29, 1.82) is 0 Å². The smallest absolute Gasteiger partial charge is 0.0424 e. The minimum absolute atomic E-state index is 0.139. The average Bonchev–Trinajstić information content (AvgIpc) is 2.08. The molecule has 8 N–H and O–H groups in total. The van der Waals surface area contributed by atoms with Crippen molar-refractivity contribution >= 4 is 0 Å². The third kappa shape index (κ3) is 1.27. The van der Waals surface area contributed by atoms with Crippen molar-refractivity contribution in [2.45, 2.75) is 38.0 Å². The van der Waals surface area contributed by atoms with Crippen molar-refractivity contribution in [3.8, 4) is 0 Å². The third-order valence-corrected chi connectivity index (χ3v) is 2.90. The van der Waals surface area contributed by atoms with Gasteiger partial charge in [0.2, 0.25) is 0 Å². The first-order chi connectivity index (χ1) is 5.46. The quantitative estimate of drug-likeness (QED) is 0.337. The Morgan fingerprint density at radius 1 is 0.750 bits per heavy atom. The predicted octanol–water partition coefficient (Wildman–Crippen LogP) is -1.35. The summed E-state index contributed by atoms with van der Waals surface area (Å²) in [5.74, 6) is 0. The lowest BCUT2D eigenvalue weighted by atomic mass is 9.80. The summed E-state index contributed by atoms with van der Waals surface area (Å²) in [7, 11) is 0. The molecule has 0 spiro atoms. The Bertz CT molecular complexity index is 189. The first-order valence-corrected chi connectivity index (χ1v) is 4.16. The van der Waals surface area contributed by atoms with Gasteiger partial charge in [-0.25, -0.2) is 0 Å². The molecule has 0 amide bonds. The summed E-state index contributed by atoms with van der Waals surface area (Å²) in [6.45, 7) is 3.93. The molecule has 0 aliphatic heterocycles. The molecule has 0 bridgehead atoms. The molecule has 0 aromatic carbocycles. The monoisotopic (exact) mass is 170 g/mol. The Morgan fingerprint density at radius 3 is 1.25 bits per heavy atom. The summed E-state index contributed by atoms with van der Waals surface area (Å²) in [5.41, 5.74) is 25.5. The van der Waals surface area contributed by atoms with Crippen LogP contribution < -0.4 is 22.9 Å². The van der Waals surface area contributed by atoms with Crippen LogP contribution in [0.5, 0.6) is 0 Å². The molecule has 0 saturated heterocycles. The molecule has 12 heavy (non-hydrogen) atoms. The highest BCUT2D eigenvalue weighted by molar-refractivity contribution is 5.29. The highest BCUT2D eigenvalue weighted by atomic mass is 14.9. The van der Waals surface area contributed by atoms with Gasteiger partial charge in [0.15, 0.2) is 0 Å². The molecule has 0 radical (unpaired) electrons. The molecule has 1 aliphatic rings. The van der Waals surface area contributed by atoms with Crippen molar-refractivity contribution in [3.05, 3.63) is 11.1 Å². The molecule has 0 aromatic rings. The molecular formula is C8H18N4. The highest BCUT2D eigenvalue weighted by Gasteiger charge is 2.33. The predicted molar refractivity (Wildman–Crippen MR) is 50.3 cm³/mol. The van der Waals surface area contributed by atoms with E-state index in [4.69, 9.17) is 22.9 Å². The van der Waals surface area contributed by atoms with E-state index >= 15 is 0 Å². The molecular weight excluding hydrogens is 152 g/mol. The highest BCUT2D eigenvalue weighted by Crippen LogP contribution is 2.20. The maximum atomic E-state index is 5.85. The van der Waals surface area contributed by atoms with E-state index in [0.29, 0.717) is 0 Å². The van der Waals surface area contributed by atoms with Crippen molar-refractivity contribution < 1.29 is 0 Å². The summed E-state index contributed by atoms with van der Waals surface area (Å²) in [5, 5.41) is 0. The van der Waals surface area contributed by atoms with Crippen LogP contribution >= 0.6 is 0 Å². The molecule has 4 unspecified atom stereocenters. The van der Waals surface area contributed by atoms with Gasteiger partial charge in [-0.1, -0.05) is 11.1 Å². The van der Waals surface area contributed by atoms with Gasteiger partial charge in [0.05, 0.1) is 0 Å². The van der Waals surface area contributed by atoms with Gasteiger partial charge in [-0.15, -0.1) is 0 Å². The van der Waals surface area contributed by atoms with Crippen molar-refractivity contribution in [1.82, 2.24) is 0 Å². The summed E-state index contributed by atoms with van der Waals surface area (Å²) in [6, 6.07) is -0.716. The van der Waals surface area contributed by atoms with Crippen LogP contribution in [0.4, 0.5) is 0 Å². The first-order valence-electron chi connectivity index (χ1n) is 4.16. The van der Waals surface area contributed by atoms with Crippen LogP contribution in [0.1, 0.15) is 13.8 Å². The third-order valence-electron chi connectivity index (χ3n) is 2.90. The zero-order valence-corrected chi connectivity index (χ0v) is 7.62. The Kier molecular flexibility index (Phi) is 2.53. The van der Waals surface area contributed by atoms with E-state index in [-0.39, 0.29) is 24.2 Å². The maximum absolute atomic E-state index is 5.85. The summed E-state index contributed by atoms with van der Waals surface area (Å²) < 4.78 is 0. The van der Waals surface area contributed by atoms with Gasteiger partial charge in [-0.2, -0.15) is 0 Å². The number of hydrogen-bond acceptors (Lipinski definition) is 4. The van der Waals surface area contributed by atoms with Crippen LogP contribution in [-0.2, 0) is 0 Å². The number of nitrogens with two attached hydrogens (primary N) is 4. The lowest BCUT2D eigenvalue weighted by Crippen LogP contribution is -2.63. The van der Waals surface area contributed by atoms with Crippen LogP contribution in [0.25, 0.3) is 0 Å². The summed E-state index contributed by atoms with van der Waals surface area (Å²) in [4.78, 5) is 0. The van der Waals surface area contributed by atoms with Crippen LogP contribution in [0, 0.1) is 0 Å². The number of hydrogen-bond donors (Lipinski definition) is 4. The lowest BCUT2D eigenvalue weighted by molar-refractivity contribution is 0.406. The van der Waals surface area contributed by atoms with Gasteiger partial charge >= 0.3 is 0 Å². The molecule has 1 rings (SSSR count). The maximum Gasteiger partial charge on any atom is 0.0424 e. The second-order valence-electron chi connectivity index (χ2n) is 3.57. The molecule has 0 heterocycles. The summed E-state index contributed by atoms with van der Waals surface area (Å²) in [6.07, 6.45) is 0. The van der Waals surface area contributed by atoms with Crippen molar-refractivity contribution in [2.24, 2.45) is 22.9 Å². The molecule has 0 saturated carbocycles. The van der Waals surface area contributed by atoms with Crippen LogP contribution in [0.2, 0.25) is 0 Å². The van der Waals surface area contributed by atoms with Gasteiger partial charge in [0.25, 0.3) is 0 Å². The van der Waals surface area contributed by atoms with E-state index in [2.05, 4.69) is 0 Å². The molecule has 4 nitrogen and oxygen atoms in total. The van der Waals surface area contributed by atoms with E-state index in [1.807, 2.05) is 13.8 Å². The van der Waals surface area contributed by atoms with Crippen molar-refractivity contribution in [3.63, 3.8) is 0 Å². The Labute approximate surface area is 73.0 Å². The Balaban J connectivity index is 3.00. The SMILES string of the molecule is CC1=C(C)C(N)C(N)C(N)C1N. The number of rotatable bonds is 0. The van der Waals surface area contributed by atoms with Gasteiger partial charge in [-0.3, -0.25) is 0 Å². The molecule has 0 fully saturated rings. The van der Waals surface area contributed by atoms with Crippen molar-refractivity contribution in [2.75, 3.05) is 0 Å². The van der Waals surface area contributed by atoms with E-state index in [1.54, 1.807) is 0 Å². The van der Waals surface area contributed by atoms with Gasteiger partial charge in [0, 0.05) is 24.2 Å². The summed E-state index contributed by atoms with van der Waals surface area (Å²) >= 11 is 0. The second-order valence-corrected chi connectivity index (χ2v) is 3.57. The lowest BCUT2D eigenvalue weighted by Gasteiger charge is -2.37. The fraction of sp³-hybridized carbons (Fsp3) is 0.750. The van der Waals surface area contributed by atoms with E-state index in [0.717, 1.165) is 11.1 Å². The van der Waals surface area contributed by atoms with Crippen LogP contribution in [0.15, 0.2) is 11.1 Å². The molecule has 1 aliphatic carbocycles. The standard InChI is InChI=1S/C8H18N4/c1-3-4(2)6(10)8(12)7(11)5(3)9/h5-8H,9-12H2,1-2H3. The minimum atomic E-state index is -0.219. The zero-order valence-electron chi connectivity index (χ0n) is 7.62. The molecule has 0 aromatic heterocycles. The van der Waals surface area contributed by atoms with E-state index in [1.165, 1.54) is 0 Å². The van der Waals surface area contributed by atoms with Gasteiger partial charge in [-0.05, 0) is 13.8 Å². The topological polar surface area (TPSA) is 104 Å². The Hall–Kier alpha value is -0.420. The normalized spacial score (nSPS) is 43.5. The fourth-order valence-corrected chi connectivity index (χ4v) is 1.58. The molecule has 4 heteroatoms. The first kappa shape index (κ1) is 9.67. The minimum Gasteiger partial charge on any atom is -0.325 e. The van der Waals surface area contributed by atoms with Crippen LogP contribution in [0.3, 0.4) is 0 Å². The molecule has 4 atom stereocenters. The van der Waals surface area contributed by atoms with E-state index in [9.17, 15) is 0 Å². The molecule has 70 valence electrons.